The molecule has 0 aliphatic rings. The molecule has 2 aromatic carbocycles. The highest BCUT2D eigenvalue weighted by molar-refractivity contribution is 6.02. The van der Waals surface area contributed by atoms with E-state index in [4.69, 9.17) is 24.5 Å². The van der Waals surface area contributed by atoms with Gasteiger partial charge in [-0.15, -0.1) is 0 Å². The fourth-order valence-corrected chi connectivity index (χ4v) is 2.73. The number of rotatable bonds is 10. The quantitative estimate of drug-likeness (QED) is 0.247. The molecule has 0 aromatic heterocycles. The number of imide groups is 1. The number of para-hydroxylation sites is 1. The summed E-state index contributed by atoms with van der Waals surface area (Å²) in [6, 6.07) is 14.7. The second-order valence-electron chi connectivity index (χ2n) is 6.29. The molecular weight excluding hydrogens is 420 g/mol. The van der Waals surface area contributed by atoms with E-state index in [9.17, 15) is 14.4 Å². The lowest BCUT2D eigenvalue weighted by Gasteiger charge is -2.26. The fraction of sp³-hybridized carbons (Fsp3) is 0.227. The topological polar surface area (TPSA) is 143 Å². The first-order chi connectivity index (χ1) is 15.5. The van der Waals surface area contributed by atoms with Gasteiger partial charge in [-0.1, -0.05) is 36.4 Å². The number of carbonyl (C=O) groups excluding carboxylic acids is 3. The summed E-state index contributed by atoms with van der Waals surface area (Å²) in [5, 5.41) is 19.9. The maximum absolute atomic E-state index is 12.5. The van der Waals surface area contributed by atoms with Gasteiger partial charge in [0.25, 0.3) is 11.8 Å². The predicted octanol–water partition coefficient (Wildman–Crippen LogP) is 1.74. The van der Waals surface area contributed by atoms with Gasteiger partial charge in [-0.2, -0.15) is 0 Å². The van der Waals surface area contributed by atoms with Crippen LogP contribution >= 0.6 is 0 Å². The molecule has 0 unspecified atom stereocenters. The number of hydrogen-bond acceptors (Lipinski definition) is 8. The van der Waals surface area contributed by atoms with Gasteiger partial charge in [0.05, 0.1) is 6.61 Å². The number of aliphatic hydroxyl groups is 1. The summed E-state index contributed by atoms with van der Waals surface area (Å²) in [5.41, 5.74) is 2.07. The normalized spacial score (nSPS) is 12.6. The van der Waals surface area contributed by atoms with E-state index in [2.05, 4.69) is 5.32 Å². The third-order valence-electron chi connectivity index (χ3n) is 4.18. The molecule has 32 heavy (non-hydrogen) atoms. The van der Waals surface area contributed by atoms with Crippen molar-refractivity contribution >= 4 is 17.9 Å². The lowest BCUT2D eigenvalue weighted by molar-refractivity contribution is -0.124. The number of hydroxylamine groups is 1. The second-order valence-corrected chi connectivity index (χ2v) is 6.29. The minimum absolute atomic E-state index is 0.0111. The van der Waals surface area contributed by atoms with E-state index in [0.29, 0.717) is 11.3 Å². The molecule has 0 fully saturated rings. The molecule has 2 atom stereocenters. The summed E-state index contributed by atoms with van der Waals surface area (Å²) >= 11 is 0. The van der Waals surface area contributed by atoms with Gasteiger partial charge in [-0.05, 0) is 24.3 Å². The number of benzene rings is 2. The Morgan fingerprint density at radius 3 is 2.41 bits per heavy atom. The van der Waals surface area contributed by atoms with Crippen LogP contribution in [0.25, 0.3) is 0 Å². The molecule has 0 aliphatic carbocycles. The van der Waals surface area contributed by atoms with E-state index >= 15 is 0 Å². The fourth-order valence-electron chi connectivity index (χ4n) is 2.73. The number of ether oxygens (including phenoxy) is 3. The van der Waals surface area contributed by atoms with Gasteiger partial charge in [0, 0.05) is 24.3 Å². The number of amides is 3. The molecule has 3 amide bonds. The zero-order valence-corrected chi connectivity index (χ0v) is 17.3. The van der Waals surface area contributed by atoms with Crippen molar-refractivity contribution in [1.29, 1.82) is 0 Å². The molecule has 0 aliphatic heterocycles. The third-order valence-corrected chi connectivity index (χ3v) is 4.18. The predicted molar refractivity (Wildman–Crippen MR) is 112 cm³/mol. The maximum atomic E-state index is 12.5. The first-order valence-electron chi connectivity index (χ1n) is 9.54. The Morgan fingerprint density at radius 2 is 1.75 bits per heavy atom. The van der Waals surface area contributed by atoms with Crippen LogP contribution in [-0.2, 0) is 14.3 Å². The Hall–Kier alpha value is -3.73. The number of methoxy groups -OCH3 is 1. The SMILES string of the molecule is CO[C@H](/C=C/C(=O)NO)[C@H](OC(=O)NC(=O)c1ccccc1)c1ccccc1OCCO. The van der Waals surface area contributed by atoms with E-state index in [1.807, 2.05) is 0 Å². The minimum atomic E-state index is -1.15. The van der Waals surface area contributed by atoms with Crippen molar-refractivity contribution in [2.75, 3.05) is 20.3 Å². The summed E-state index contributed by atoms with van der Waals surface area (Å²) < 4.78 is 16.4. The summed E-state index contributed by atoms with van der Waals surface area (Å²) in [6.07, 6.45) is -0.937. The van der Waals surface area contributed by atoms with E-state index < -0.39 is 30.1 Å². The summed E-state index contributed by atoms with van der Waals surface area (Å²) in [4.78, 5) is 36.2. The molecule has 0 radical (unpaired) electrons. The number of alkyl carbamates (subject to hydrolysis) is 1. The Morgan fingerprint density at radius 1 is 1.06 bits per heavy atom. The van der Waals surface area contributed by atoms with Crippen LogP contribution in [0.5, 0.6) is 5.75 Å². The summed E-state index contributed by atoms with van der Waals surface area (Å²) in [7, 11) is 1.33. The third kappa shape index (κ3) is 7.20. The van der Waals surface area contributed by atoms with Crippen LogP contribution in [0.3, 0.4) is 0 Å². The Labute approximate surface area is 184 Å². The molecule has 0 spiro atoms. The van der Waals surface area contributed by atoms with Crippen molar-refractivity contribution < 1.29 is 38.9 Å². The second kappa shape index (κ2) is 12.8. The molecule has 4 N–H and O–H groups in total. The Kier molecular flexibility index (Phi) is 9.85. The number of hydrogen-bond donors (Lipinski definition) is 4. The monoisotopic (exact) mass is 444 g/mol. The van der Waals surface area contributed by atoms with Crippen molar-refractivity contribution in [2.45, 2.75) is 12.2 Å². The molecule has 0 heterocycles. The van der Waals surface area contributed by atoms with Crippen LogP contribution in [0.1, 0.15) is 22.0 Å². The highest BCUT2D eigenvalue weighted by Gasteiger charge is 2.29. The van der Waals surface area contributed by atoms with Crippen LogP contribution in [0.15, 0.2) is 66.7 Å². The number of carbonyl (C=O) groups is 3. The van der Waals surface area contributed by atoms with Gasteiger partial charge in [-0.25, -0.2) is 10.3 Å². The smallest absolute Gasteiger partial charge is 0.414 e. The largest absolute Gasteiger partial charge is 0.491 e. The molecule has 0 saturated heterocycles. The number of aliphatic hydroxyl groups excluding tert-OH is 1. The zero-order valence-electron chi connectivity index (χ0n) is 17.3. The zero-order chi connectivity index (χ0) is 23.3. The molecule has 2 aromatic rings. The van der Waals surface area contributed by atoms with Gasteiger partial charge in [-0.3, -0.25) is 20.1 Å². The standard InChI is InChI=1S/C22H24N2O8/c1-30-18(11-12-19(26)24-29)20(16-9-5-6-10-17(16)31-14-13-25)32-22(28)23-21(27)15-7-3-2-4-8-15/h2-12,18,20,25,29H,13-14H2,1H3,(H,24,26)(H,23,27,28)/b12-11+/t18-,20-/m1/s1. The van der Waals surface area contributed by atoms with Gasteiger partial charge in [0.1, 0.15) is 18.5 Å². The summed E-state index contributed by atoms with van der Waals surface area (Å²) in [5.74, 6) is -1.18. The highest BCUT2D eigenvalue weighted by atomic mass is 16.6. The van der Waals surface area contributed by atoms with E-state index in [1.165, 1.54) is 30.8 Å². The van der Waals surface area contributed by atoms with E-state index in [1.54, 1.807) is 42.5 Å². The molecule has 0 saturated carbocycles. The van der Waals surface area contributed by atoms with Gasteiger partial charge >= 0.3 is 6.09 Å². The van der Waals surface area contributed by atoms with Crippen molar-refractivity contribution in [3.8, 4) is 5.75 Å². The average Bonchev–Trinajstić information content (AvgIpc) is 2.82. The Bertz CT molecular complexity index is 933. The minimum Gasteiger partial charge on any atom is -0.491 e. The van der Waals surface area contributed by atoms with Crippen molar-refractivity contribution in [1.82, 2.24) is 10.8 Å². The molecule has 0 bridgehead atoms. The average molecular weight is 444 g/mol. The molecule has 2 rings (SSSR count). The summed E-state index contributed by atoms with van der Waals surface area (Å²) in [6.45, 7) is -0.251. The van der Waals surface area contributed by atoms with Crippen LogP contribution < -0.4 is 15.5 Å². The Balaban J connectivity index is 2.31. The lowest BCUT2D eigenvalue weighted by Crippen LogP contribution is -2.35. The molecular formula is C22H24N2O8. The lowest BCUT2D eigenvalue weighted by atomic mass is 10.0. The maximum Gasteiger partial charge on any atom is 0.414 e. The van der Waals surface area contributed by atoms with Crippen LogP contribution in [0, 0.1) is 0 Å². The highest BCUT2D eigenvalue weighted by Crippen LogP contribution is 2.32. The van der Waals surface area contributed by atoms with E-state index in [-0.39, 0.29) is 18.8 Å². The van der Waals surface area contributed by atoms with Gasteiger partial charge < -0.3 is 19.3 Å². The van der Waals surface area contributed by atoms with Crippen molar-refractivity contribution in [2.24, 2.45) is 0 Å². The van der Waals surface area contributed by atoms with Crippen LogP contribution in [0.2, 0.25) is 0 Å². The molecule has 10 heteroatoms. The van der Waals surface area contributed by atoms with E-state index in [0.717, 1.165) is 6.08 Å². The van der Waals surface area contributed by atoms with Crippen molar-refractivity contribution in [3.63, 3.8) is 0 Å². The first-order valence-corrected chi connectivity index (χ1v) is 9.54. The van der Waals surface area contributed by atoms with Crippen LogP contribution in [-0.4, -0.2) is 54.6 Å². The molecule has 10 nitrogen and oxygen atoms in total. The molecule has 170 valence electrons. The van der Waals surface area contributed by atoms with Crippen molar-refractivity contribution in [3.05, 3.63) is 77.9 Å². The number of nitrogens with one attached hydrogen (secondary N) is 2. The van der Waals surface area contributed by atoms with Gasteiger partial charge in [0.15, 0.2) is 6.10 Å². The van der Waals surface area contributed by atoms with Gasteiger partial charge in [0.2, 0.25) is 0 Å². The first kappa shape index (κ1) is 24.5. The van der Waals surface area contributed by atoms with Crippen LogP contribution in [0.4, 0.5) is 4.79 Å².